The van der Waals surface area contributed by atoms with Crippen LogP contribution in [0.1, 0.15) is 23.1 Å². The Bertz CT molecular complexity index is 429. The van der Waals surface area contributed by atoms with Gasteiger partial charge in [-0.15, -0.1) is 0 Å². The smallest absolute Gasteiger partial charge is 0.162 e. The van der Waals surface area contributed by atoms with Gasteiger partial charge in [0.15, 0.2) is 5.78 Å². The third kappa shape index (κ3) is 1.71. The van der Waals surface area contributed by atoms with E-state index in [9.17, 15) is 4.79 Å². The molecule has 14 heavy (non-hydrogen) atoms. The van der Waals surface area contributed by atoms with Crippen LogP contribution < -0.4 is 0 Å². The number of aromatic nitrogens is 4. The zero-order valence-corrected chi connectivity index (χ0v) is 7.77. The summed E-state index contributed by atoms with van der Waals surface area (Å²) in [7, 11) is 0. The minimum atomic E-state index is 0.0238. The molecule has 0 aliphatic rings. The van der Waals surface area contributed by atoms with E-state index in [2.05, 4.69) is 15.1 Å². The van der Waals surface area contributed by atoms with E-state index in [1.807, 2.05) is 0 Å². The van der Waals surface area contributed by atoms with Crippen LogP contribution in [-0.2, 0) is 6.54 Å². The maximum absolute atomic E-state index is 11.0. The van der Waals surface area contributed by atoms with Crippen molar-refractivity contribution in [3.63, 3.8) is 0 Å². The predicted octanol–water partition coefficient (Wildman–Crippen LogP) is 0.857. The molecule has 0 fully saturated rings. The molecule has 0 aromatic carbocycles. The van der Waals surface area contributed by atoms with Crippen LogP contribution in [0.15, 0.2) is 24.8 Å². The van der Waals surface area contributed by atoms with Gasteiger partial charge in [-0.2, -0.15) is 5.10 Å². The summed E-state index contributed by atoms with van der Waals surface area (Å²) < 4.78 is 1.68. The lowest BCUT2D eigenvalue weighted by molar-refractivity contribution is 0.101. The molecule has 0 spiro atoms. The summed E-state index contributed by atoms with van der Waals surface area (Å²) >= 11 is 0. The van der Waals surface area contributed by atoms with Gasteiger partial charge < -0.3 is 4.98 Å². The van der Waals surface area contributed by atoms with E-state index in [0.717, 1.165) is 5.82 Å². The van der Waals surface area contributed by atoms with Gasteiger partial charge in [0.2, 0.25) is 0 Å². The second kappa shape index (κ2) is 3.45. The number of hydrogen-bond acceptors (Lipinski definition) is 3. The van der Waals surface area contributed by atoms with Crippen LogP contribution in [0.25, 0.3) is 0 Å². The molecule has 0 radical (unpaired) electrons. The Balaban J connectivity index is 2.14. The number of nitrogens with zero attached hydrogens (tertiary/aromatic N) is 3. The summed E-state index contributed by atoms with van der Waals surface area (Å²) in [4.78, 5) is 18.0. The van der Waals surface area contributed by atoms with Crippen molar-refractivity contribution in [2.75, 3.05) is 0 Å². The van der Waals surface area contributed by atoms with Gasteiger partial charge in [-0.1, -0.05) is 0 Å². The Kier molecular flexibility index (Phi) is 2.14. The van der Waals surface area contributed by atoms with Gasteiger partial charge in [0.1, 0.15) is 5.82 Å². The Morgan fingerprint density at radius 1 is 1.64 bits per heavy atom. The van der Waals surface area contributed by atoms with E-state index < -0.39 is 0 Å². The summed E-state index contributed by atoms with van der Waals surface area (Å²) in [5.41, 5.74) is 0.622. The van der Waals surface area contributed by atoms with Crippen LogP contribution >= 0.6 is 0 Å². The zero-order valence-electron chi connectivity index (χ0n) is 7.77. The summed E-state index contributed by atoms with van der Waals surface area (Å²) in [5.74, 6) is 0.846. The van der Waals surface area contributed by atoms with Crippen LogP contribution in [-0.4, -0.2) is 25.5 Å². The second-order valence-electron chi connectivity index (χ2n) is 3.02. The van der Waals surface area contributed by atoms with E-state index in [1.165, 1.54) is 6.92 Å². The molecule has 0 saturated heterocycles. The third-order valence-corrected chi connectivity index (χ3v) is 1.91. The number of aromatic amines is 1. The van der Waals surface area contributed by atoms with Crippen molar-refractivity contribution < 1.29 is 4.79 Å². The lowest BCUT2D eigenvalue weighted by Gasteiger charge is -1.95. The fraction of sp³-hybridized carbons (Fsp3) is 0.222. The Labute approximate surface area is 80.8 Å². The Morgan fingerprint density at radius 3 is 3.07 bits per heavy atom. The number of imidazole rings is 1. The molecule has 1 N–H and O–H groups in total. The SMILES string of the molecule is CC(=O)c1cnn(Cc2ncc[nH]2)c1. The molecular formula is C9H10N4O. The highest BCUT2D eigenvalue weighted by molar-refractivity contribution is 5.93. The Hall–Kier alpha value is -1.91. The zero-order chi connectivity index (χ0) is 9.97. The van der Waals surface area contributed by atoms with Crippen LogP contribution in [0.3, 0.4) is 0 Å². The van der Waals surface area contributed by atoms with Gasteiger partial charge in [0.25, 0.3) is 0 Å². The number of carbonyl (C=O) groups excluding carboxylic acids is 1. The fourth-order valence-corrected chi connectivity index (χ4v) is 1.17. The average molecular weight is 190 g/mol. The summed E-state index contributed by atoms with van der Waals surface area (Å²) in [5, 5.41) is 4.05. The molecule has 0 amide bonds. The lowest BCUT2D eigenvalue weighted by atomic mass is 10.3. The van der Waals surface area contributed by atoms with Crippen molar-refractivity contribution in [3.05, 3.63) is 36.2 Å². The fourth-order valence-electron chi connectivity index (χ4n) is 1.17. The predicted molar refractivity (Wildman–Crippen MR) is 49.9 cm³/mol. The topological polar surface area (TPSA) is 63.6 Å². The molecule has 0 bridgehead atoms. The second-order valence-corrected chi connectivity index (χ2v) is 3.02. The van der Waals surface area contributed by atoms with E-state index in [1.54, 1.807) is 29.5 Å². The Morgan fingerprint density at radius 2 is 2.50 bits per heavy atom. The molecule has 2 rings (SSSR count). The van der Waals surface area contributed by atoms with Gasteiger partial charge in [-0.25, -0.2) is 4.98 Å². The molecule has 0 unspecified atom stereocenters. The maximum Gasteiger partial charge on any atom is 0.162 e. The van der Waals surface area contributed by atoms with Gasteiger partial charge in [0, 0.05) is 18.6 Å². The van der Waals surface area contributed by atoms with Crippen molar-refractivity contribution in [1.29, 1.82) is 0 Å². The average Bonchev–Trinajstić information content (AvgIpc) is 2.75. The number of Topliss-reactive ketones (excluding diaryl/α,β-unsaturated/α-hetero) is 1. The highest BCUT2D eigenvalue weighted by Gasteiger charge is 2.03. The quantitative estimate of drug-likeness (QED) is 0.730. The molecule has 72 valence electrons. The molecule has 2 aromatic rings. The molecule has 2 aromatic heterocycles. The monoisotopic (exact) mass is 190 g/mol. The first-order chi connectivity index (χ1) is 6.75. The van der Waals surface area contributed by atoms with E-state index in [0.29, 0.717) is 12.1 Å². The van der Waals surface area contributed by atoms with Crippen LogP contribution in [0.2, 0.25) is 0 Å². The van der Waals surface area contributed by atoms with Crippen molar-refractivity contribution >= 4 is 5.78 Å². The number of hydrogen-bond donors (Lipinski definition) is 1. The van der Waals surface area contributed by atoms with E-state index in [-0.39, 0.29) is 5.78 Å². The third-order valence-electron chi connectivity index (χ3n) is 1.91. The van der Waals surface area contributed by atoms with Gasteiger partial charge >= 0.3 is 0 Å². The van der Waals surface area contributed by atoms with Crippen molar-refractivity contribution in [2.45, 2.75) is 13.5 Å². The highest BCUT2D eigenvalue weighted by Crippen LogP contribution is 2.00. The largest absolute Gasteiger partial charge is 0.347 e. The molecule has 0 aliphatic carbocycles. The normalized spacial score (nSPS) is 10.4. The number of carbonyl (C=O) groups is 1. The van der Waals surface area contributed by atoms with Crippen molar-refractivity contribution in [3.8, 4) is 0 Å². The van der Waals surface area contributed by atoms with Gasteiger partial charge in [-0.3, -0.25) is 9.48 Å². The summed E-state index contributed by atoms with van der Waals surface area (Å²) in [6, 6.07) is 0. The van der Waals surface area contributed by atoms with Crippen molar-refractivity contribution in [1.82, 2.24) is 19.7 Å². The minimum absolute atomic E-state index is 0.0238. The molecule has 5 heteroatoms. The first-order valence-corrected chi connectivity index (χ1v) is 4.27. The van der Waals surface area contributed by atoms with Crippen LogP contribution in [0.4, 0.5) is 0 Å². The van der Waals surface area contributed by atoms with E-state index >= 15 is 0 Å². The van der Waals surface area contributed by atoms with Crippen molar-refractivity contribution in [2.24, 2.45) is 0 Å². The molecule has 2 heterocycles. The van der Waals surface area contributed by atoms with Crippen LogP contribution in [0, 0.1) is 0 Å². The van der Waals surface area contributed by atoms with E-state index in [4.69, 9.17) is 0 Å². The lowest BCUT2D eigenvalue weighted by Crippen LogP contribution is -2.01. The number of ketones is 1. The number of nitrogens with one attached hydrogen (secondary N) is 1. The van der Waals surface area contributed by atoms with Gasteiger partial charge in [-0.05, 0) is 6.92 Å². The first-order valence-electron chi connectivity index (χ1n) is 4.27. The standard InChI is InChI=1S/C9H10N4O/c1-7(14)8-4-12-13(5-8)6-9-10-2-3-11-9/h2-5H,6H2,1H3,(H,10,11). The molecule has 0 atom stereocenters. The first kappa shape index (κ1) is 8.68. The molecular weight excluding hydrogens is 180 g/mol. The van der Waals surface area contributed by atoms with Gasteiger partial charge in [0.05, 0.1) is 18.3 Å². The summed E-state index contributed by atoms with van der Waals surface area (Å²) in [6.45, 7) is 2.08. The highest BCUT2D eigenvalue weighted by atomic mass is 16.1. The summed E-state index contributed by atoms with van der Waals surface area (Å²) in [6.07, 6.45) is 6.71. The minimum Gasteiger partial charge on any atom is -0.347 e. The number of rotatable bonds is 3. The van der Waals surface area contributed by atoms with Crippen LogP contribution in [0.5, 0.6) is 0 Å². The molecule has 5 nitrogen and oxygen atoms in total. The maximum atomic E-state index is 11.0. The number of H-pyrrole nitrogens is 1. The molecule has 0 aliphatic heterocycles. The molecule has 0 saturated carbocycles.